The smallest absolute Gasteiger partial charge is 0.180 e. The minimum absolute atomic E-state index is 0.498. The Labute approximate surface area is 136 Å². The average Bonchev–Trinajstić information content (AvgIpc) is 2.96. The summed E-state index contributed by atoms with van der Waals surface area (Å²) in [6.45, 7) is 0. The number of nitrogens with zero attached hydrogens (tertiary/aromatic N) is 3. The second-order valence-electron chi connectivity index (χ2n) is 4.97. The van der Waals surface area contributed by atoms with E-state index < -0.39 is 0 Å². The van der Waals surface area contributed by atoms with Gasteiger partial charge in [-0.05, 0) is 47.6 Å². The standard InChI is InChI=1S/C14H14ClIN4/c15-9-5-6-10(18-7-9)14-19-12(8-3-1-2-4-8)11(16)13(17)20-14/h5-8H,1-4H2,(H2,17,19,20). The molecule has 0 aliphatic heterocycles. The van der Waals surface area contributed by atoms with Crippen LogP contribution in [-0.2, 0) is 0 Å². The number of rotatable bonds is 2. The lowest BCUT2D eigenvalue weighted by Crippen LogP contribution is -2.08. The molecule has 104 valence electrons. The van der Waals surface area contributed by atoms with Crippen molar-refractivity contribution in [2.24, 2.45) is 0 Å². The maximum atomic E-state index is 6.04. The van der Waals surface area contributed by atoms with E-state index in [-0.39, 0.29) is 0 Å². The summed E-state index contributed by atoms with van der Waals surface area (Å²) in [7, 11) is 0. The van der Waals surface area contributed by atoms with Gasteiger partial charge in [-0.1, -0.05) is 24.4 Å². The quantitative estimate of drug-likeness (QED) is 0.773. The van der Waals surface area contributed by atoms with E-state index in [4.69, 9.17) is 22.3 Å². The van der Waals surface area contributed by atoms with Crippen LogP contribution < -0.4 is 5.73 Å². The number of anilines is 1. The highest BCUT2D eigenvalue weighted by atomic mass is 127. The highest BCUT2D eigenvalue weighted by Crippen LogP contribution is 2.37. The largest absolute Gasteiger partial charge is 0.383 e. The first kappa shape index (κ1) is 14.0. The number of aromatic nitrogens is 3. The lowest BCUT2D eigenvalue weighted by atomic mass is 10.0. The van der Waals surface area contributed by atoms with Gasteiger partial charge in [0, 0.05) is 12.1 Å². The molecular formula is C14H14ClIN4. The predicted molar refractivity (Wildman–Crippen MR) is 88.6 cm³/mol. The second kappa shape index (κ2) is 5.81. The Hall–Kier alpha value is -0.950. The zero-order valence-electron chi connectivity index (χ0n) is 10.8. The molecule has 2 heterocycles. The first-order valence-electron chi connectivity index (χ1n) is 6.60. The molecule has 1 aliphatic rings. The van der Waals surface area contributed by atoms with Crippen LogP contribution in [0, 0.1) is 3.57 Å². The van der Waals surface area contributed by atoms with Crippen LogP contribution in [-0.4, -0.2) is 15.0 Å². The highest BCUT2D eigenvalue weighted by Gasteiger charge is 2.23. The van der Waals surface area contributed by atoms with E-state index in [0.717, 1.165) is 9.26 Å². The van der Waals surface area contributed by atoms with Crippen LogP contribution in [0.25, 0.3) is 11.5 Å². The zero-order chi connectivity index (χ0) is 14.1. The summed E-state index contributed by atoms with van der Waals surface area (Å²) in [5, 5.41) is 0.600. The van der Waals surface area contributed by atoms with Gasteiger partial charge in [-0.2, -0.15) is 0 Å². The molecule has 20 heavy (non-hydrogen) atoms. The molecule has 6 heteroatoms. The van der Waals surface area contributed by atoms with Crippen molar-refractivity contribution in [3.63, 3.8) is 0 Å². The fourth-order valence-electron chi connectivity index (χ4n) is 2.57. The fourth-order valence-corrected chi connectivity index (χ4v) is 3.37. The van der Waals surface area contributed by atoms with Crippen LogP contribution in [0.4, 0.5) is 5.82 Å². The van der Waals surface area contributed by atoms with Gasteiger partial charge in [0.2, 0.25) is 0 Å². The van der Waals surface area contributed by atoms with E-state index >= 15 is 0 Å². The van der Waals surface area contributed by atoms with E-state index in [1.807, 2.05) is 6.07 Å². The summed E-state index contributed by atoms with van der Waals surface area (Å²) in [6.07, 6.45) is 6.49. The molecule has 1 fully saturated rings. The molecular weight excluding hydrogens is 387 g/mol. The van der Waals surface area contributed by atoms with Gasteiger partial charge in [-0.25, -0.2) is 9.97 Å². The van der Waals surface area contributed by atoms with Crippen molar-refractivity contribution in [1.29, 1.82) is 0 Å². The number of hydrogen-bond acceptors (Lipinski definition) is 4. The molecule has 0 saturated heterocycles. The molecule has 0 amide bonds. The molecule has 3 rings (SSSR count). The summed E-state index contributed by atoms with van der Waals surface area (Å²) >= 11 is 8.11. The van der Waals surface area contributed by atoms with Gasteiger partial charge in [0.25, 0.3) is 0 Å². The molecule has 0 spiro atoms. The van der Waals surface area contributed by atoms with Gasteiger partial charge in [-0.15, -0.1) is 0 Å². The van der Waals surface area contributed by atoms with Crippen molar-refractivity contribution < 1.29 is 0 Å². The Morgan fingerprint density at radius 1 is 1.20 bits per heavy atom. The Balaban J connectivity index is 2.05. The van der Waals surface area contributed by atoms with Crippen LogP contribution in [0.3, 0.4) is 0 Å². The topological polar surface area (TPSA) is 64.7 Å². The molecule has 4 nitrogen and oxygen atoms in total. The summed E-state index contributed by atoms with van der Waals surface area (Å²) in [5.41, 5.74) is 7.82. The highest BCUT2D eigenvalue weighted by molar-refractivity contribution is 14.1. The van der Waals surface area contributed by atoms with Crippen LogP contribution in [0.5, 0.6) is 0 Å². The lowest BCUT2D eigenvalue weighted by molar-refractivity contribution is 0.691. The average molecular weight is 401 g/mol. The van der Waals surface area contributed by atoms with Crippen LogP contribution in [0.2, 0.25) is 5.02 Å². The summed E-state index contributed by atoms with van der Waals surface area (Å²) in [6, 6.07) is 3.61. The van der Waals surface area contributed by atoms with E-state index in [9.17, 15) is 0 Å². The summed E-state index contributed by atoms with van der Waals surface area (Å²) in [5.74, 6) is 1.62. The number of pyridine rings is 1. The van der Waals surface area contributed by atoms with Crippen molar-refractivity contribution in [2.45, 2.75) is 31.6 Å². The fraction of sp³-hybridized carbons (Fsp3) is 0.357. The third-order valence-electron chi connectivity index (χ3n) is 3.60. The normalized spacial score (nSPS) is 15.7. The maximum Gasteiger partial charge on any atom is 0.180 e. The molecule has 0 aromatic carbocycles. The first-order valence-corrected chi connectivity index (χ1v) is 8.05. The molecule has 2 aromatic heterocycles. The maximum absolute atomic E-state index is 6.04. The molecule has 0 radical (unpaired) electrons. The van der Waals surface area contributed by atoms with Gasteiger partial charge < -0.3 is 5.73 Å². The predicted octanol–water partition coefficient (Wildman–Crippen LogP) is 4.04. The van der Waals surface area contributed by atoms with E-state index in [1.54, 1.807) is 12.3 Å². The van der Waals surface area contributed by atoms with Gasteiger partial charge in [0.1, 0.15) is 11.5 Å². The third kappa shape index (κ3) is 2.74. The van der Waals surface area contributed by atoms with E-state index in [0.29, 0.717) is 28.3 Å². The molecule has 0 atom stereocenters. The number of halogens is 2. The SMILES string of the molecule is Nc1nc(-c2ccc(Cl)cn2)nc(C2CCCC2)c1I. The van der Waals surface area contributed by atoms with E-state index in [1.165, 1.54) is 25.7 Å². The zero-order valence-corrected chi connectivity index (χ0v) is 13.7. The van der Waals surface area contributed by atoms with Crippen molar-refractivity contribution in [2.75, 3.05) is 5.73 Å². The number of nitrogen functional groups attached to an aromatic ring is 1. The minimum Gasteiger partial charge on any atom is -0.383 e. The molecule has 1 saturated carbocycles. The van der Waals surface area contributed by atoms with Gasteiger partial charge >= 0.3 is 0 Å². The molecule has 2 N–H and O–H groups in total. The molecule has 1 aliphatic carbocycles. The van der Waals surface area contributed by atoms with Gasteiger partial charge in [0.15, 0.2) is 5.82 Å². The molecule has 2 aromatic rings. The number of hydrogen-bond donors (Lipinski definition) is 1. The molecule has 0 bridgehead atoms. The monoisotopic (exact) mass is 400 g/mol. The lowest BCUT2D eigenvalue weighted by Gasteiger charge is -2.13. The Morgan fingerprint density at radius 2 is 1.95 bits per heavy atom. The first-order chi connectivity index (χ1) is 9.65. The number of nitrogens with two attached hydrogens (primary N) is 1. The van der Waals surface area contributed by atoms with Crippen molar-refractivity contribution in [3.8, 4) is 11.5 Å². The van der Waals surface area contributed by atoms with Gasteiger partial charge in [0.05, 0.1) is 14.3 Å². The third-order valence-corrected chi connectivity index (χ3v) is 4.93. The van der Waals surface area contributed by atoms with Crippen LogP contribution in [0.1, 0.15) is 37.3 Å². The second-order valence-corrected chi connectivity index (χ2v) is 6.49. The van der Waals surface area contributed by atoms with Crippen molar-refractivity contribution >= 4 is 40.0 Å². The Morgan fingerprint density at radius 3 is 2.60 bits per heavy atom. The van der Waals surface area contributed by atoms with Crippen molar-refractivity contribution in [3.05, 3.63) is 32.6 Å². The van der Waals surface area contributed by atoms with Gasteiger partial charge in [-0.3, -0.25) is 4.98 Å². The van der Waals surface area contributed by atoms with Crippen LogP contribution >= 0.6 is 34.2 Å². The van der Waals surface area contributed by atoms with Crippen LogP contribution in [0.15, 0.2) is 18.3 Å². The summed E-state index contributed by atoms with van der Waals surface area (Å²) in [4.78, 5) is 13.3. The Kier molecular flexibility index (Phi) is 4.07. The Bertz CT molecular complexity index is 624. The van der Waals surface area contributed by atoms with E-state index in [2.05, 4.69) is 32.6 Å². The summed E-state index contributed by atoms with van der Waals surface area (Å²) < 4.78 is 0.979. The minimum atomic E-state index is 0.498. The van der Waals surface area contributed by atoms with Crippen molar-refractivity contribution in [1.82, 2.24) is 15.0 Å². The molecule has 0 unspecified atom stereocenters.